The Morgan fingerprint density at radius 1 is 0.703 bits per heavy atom. The number of hydrogen-bond acceptors (Lipinski definition) is 7. The summed E-state index contributed by atoms with van der Waals surface area (Å²) in [5.74, 6) is -0.853. The molecule has 3 N–H and O–H groups in total. The molecule has 8 heteroatoms. The Balaban J connectivity index is 0.000000371. The Hall–Kier alpha value is -1.22. The number of carboxylic acid groups (broad SMARTS) is 1. The number of ether oxygens (including phenoxy) is 1. The normalized spacial score (nSPS) is 18.8. The first-order valence-electron chi connectivity index (χ1n) is 15.0. The first-order valence-corrected chi connectivity index (χ1v) is 15.0. The molecule has 0 radical (unpaired) electrons. The average molecular weight is 527 g/mol. The molecule has 2 saturated heterocycles. The number of nitrogens with zero attached hydrogens (tertiary/aromatic N) is 2. The Kier molecular flexibility index (Phi) is 18.9. The van der Waals surface area contributed by atoms with Crippen molar-refractivity contribution in [1.82, 2.24) is 20.4 Å². The van der Waals surface area contributed by atoms with Gasteiger partial charge in [-0.15, -0.1) is 0 Å². The molecule has 218 valence electrons. The van der Waals surface area contributed by atoms with Gasteiger partial charge >= 0.3 is 11.9 Å². The zero-order valence-corrected chi connectivity index (χ0v) is 24.6. The van der Waals surface area contributed by atoms with Crippen molar-refractivity contribution >= 4 is 11.9 Å². The summed E-state index contributed by atoms with van der Waals surface area (Å²) in [6.45, 7) is 15.4. The second-order valence-corrected chi connectivity index (χ2v) is 11.4. The number of aliphatic carboxylic acids is 1. The van der Waals surface area contributed by atoms with Crippen LogP contribution >= 0.6 is 0 Å². The van der Waals surface area contributed by atoms with Crippen molar-refractivity contribution < 1.29 is 19.4 Å². The number of hydrogen-bond donors (Lipinski definition) is 3. The molecular weight excluding hydrogens is 468 g/mol. The van der Waals surface area contributed by atoms with Gasteiger partial charge in [-0.25, -0.2) is 0 Å². The quantitative estimate of drug-likeness (QED) is 0.203. The second kappa shape index (κ2) is 20.7. The number of methoxy groups -OCH3 is 1. The number of unbranched alkanes of at least 4 members (excludes halogenated alkanes) is 2. The van der Waals surface area contributed by atoms with Crippen LogP contribution in [-0.2, 0) is 14.3 Å². The summed E-state index contributed by atoms with van der Waals surface area (Å²) < 4.78 is 4.85. The van der Waals surface area contributed by atoms with E-state index >= 15 is 0 Å². The van der Waals surface area contributed by atoms with E-state index in [9.17, 15) is 9.59 Å². The lowest BCUT2D eigenvalue weighted by Gasteiger charge is -2.26. The monoisotopic (exact) mass is 526 g/mol. The van der Waals surface area contributed by atoms with E-state index in [0.29, 0.717) is 6.04 Å². The van der Waals surface area contributed by atoms with Crippen molar-refractivity contribution in [3.05, 3.63) is 0 Å². The number of carbonyl (C=O) groups is 2. The van der Waals surface area contributed by atoms with E-state index in [-0.39, 0.29) is 24.1 Å². The maximum absolute atomic E-state index is 11.6. The highest BCUT2D eigenvalue weighted by molar-refractivity contribution is 5.75. The van der Waals surface area contributed by atoms with Crippen LogP contribution in [0.1, 0.15) is 105 Å². The lowest BCUT2D eigenvalue weighted by atomic mass is 10.1. The molecule has 2 aliphatic heterocycles. The summed E-state index contributed by atoms with van der Waals surface area (Å²) in [5.41, 5.74) is 0. The van der Waals surface area contributed by atoms with Gasteiger partial charge < -0.3 is 30.3 Å². The molecule has 0 aromatic heterocycles. The summed E-state index contributed by atoms with van der Waals surface area (Å²) in [7, 11) is 1.46. The van der Waals surface area contributed by atoms with E-state index in [2.05, 4.69) is 34.3 Å². The molecule has 2 aliphatic rings. The van der Waals surface area contributed by atoms with Gasteiger partial charge in [0.05, 0.1) is 7.11 Å². The Morgan fingerprint density at radius 3 is 1.49 bits per heavy atom. The van der Waals surface area contributed by atoms with Crippen LogP contribution in [-0.4, -0.2) is 97.4 Å². The Morgan fingerprint density at radius 2 is 1.11 bits per heavy atom. The summed E-state index contributed by atoms with van der Waals surface area (Å²) >= 11 is 0. The first-order chi connectivity index (χ1) is 17.7. The fraction of sp³-hybridized carbons (Fsp3) is 0.931. The van der Waals surface area contributed by atoms with Gasteiger partial charge in [-0.1, -0.05) is 53.4 Å². The van der Waals surface area contributed by atoms with Crippen LogP contribution in [0.5, 0.6) is 0 Å². The molecular formula is C29H58N4O4. The molecule has 0 aromatic carbocycles. The molecule has 2 fully saturated rings. The van der Waals surface area contributed by atoms with E-state index in [1.54, 1.807) is 0 Å². The van der Waals surface area contributed by atoms with Gasteiger partial charge in [0.25, 0.3) is 0 Å². The highest BCUT2D eigenvalue weighted by Crippen LogP contribution is 2.12. The van der Waals surface area contributed by atoms with Gasteiger partial charge in [0.15, 0.2) is 0 Å². The predicted octanol–water partition coefficient (Wildman–Crippen LogP) is 4.28. The molecule has 8 nitrogen and oxygen atoms in total. The number of piperidine rings is 2. The maximum Gasteiger partial charge on any atom is 0.322 e. The van der Waals surface area contributed by atoms with E-state index in [1.807, 2.05) is 13.8 Å². The third-order valence-electron chi connectivity index (χ3n) is 7.18. The van der Waals surface area contributed by atoms with Crippen LogP contribution in [0.4, 0.5) is 0 Å². The number of rotatable bonds is 16. The molecule has 0 unspecified atom stereocenters. The van der Waals surface area contributed by atoms with Crippen molar-refractivity contribution in [2.45, 2.75) is 129 Å². The lowest BCUT2D eigenvalue weighted by molar-refractivity contribution is -0.143. The summed E-state index contributed by atoms with van der Waals surface area (Å²) in [4.78, 5) is 27.8. The first kappa shape index (κ1) is 33.8. The topological polar surface area (TPSA) is 94.1 Å². The zero-order valence-electron chi connectivity index (χ0n) is 24.6. The van der Waals surface area contributed by atoms with Crippen molar-refractivity contribution in [2.75, 3.05) is 46.4 Å². The fourth-order valence-corrected chi connectivity index (χ4v) is 5.23. The van der Waals surface area contributed by atoms with Gasteiger partial charge in [0.2, 0.25) is 0 Å². The summed E-state index contributed by atoms with van der Waals surface area (Å²) in [5, 5.41) is 15.5. The minimum atomic E-state index is -0.721. The van der Waals surface area contributed by atoms with Crippen LogP contribution in [0.2, 0.25) is 0 Å². The molecule has 0 aliphatic carbocycles. The predicted molar refractivity (Wildman–Crippen MR) is 152 cm³/mol. The van der Waals surface area contributed by atoms with Crippen molar-refractivity contribution in [2.24, 2.45) is 0 Å². The van der Waals surface area contributed by atoms with Crippen LogP contribution in [0.15, 0.2) is 0 Å². The SMILES string of the molecule is CC(C)N[C@H](CCCCN1CCCCC1)C(=O)O.COC(=O)[C@@H](CCCCN1CCCCC1)NC(C)C. The molecule has 0 spiro atoms. The highest BCUT2D eigenvalue weighted by atomic mass is 16.5. The minimum absolute atomic E-state index is 0.133. The fourth-order valence-electron chi connectivity index (χ4n) is 5.23. The lowest BCUT2D eigenvalue weighted by Crippen LogP contribution is -2.41. The van der Waals surface area contributed by atoms with E-state index in [0.717, 1.165) is 38.6 Å². The third-order valence-corrected chi connectivity index (χ3v) is 7.18. The minimum Gasteiger partial charge on any atom is -0.480 e. The van der Waals surface area contributed by atoms with Gasteiger partial charge in [0, 0.05) is 12.1 Å². The third kappa shape index (κ3) is 17.1. The summed E-state index contributed by atoms with van der Waals surface area (Å²) in [6, 6.07) is 0.0112. The molecule has 0 amide bonds. The van der Waals surface area contributed by atoms with Crippen LogP contribution in [0.3, 0.4) is 0 Å². The van der Waals surface area contributed by atoms with Gasteiger partial charge in [-0.3, -0.25) is 9.59 Å². The number of likely N-dealkylation sites (tertiary alicyclic amines) is 2. The van der Waals surface area contributed by atoms with Crippen LogP contribution in [0, 0.1) is 0 Å². The molecule has 2 atom stereocenters. The van der Waals surface area contributed by atoms with E-state index in [4.69, 9.17) is 9.84 Å². The van der Waals surface area contributed by atoms with Crippen LogP contribution in [0.25, 0.3) is 0 Å². The number of carbonyl (C=O) groups excluding carboxylic acids is 1. The zero-order chi connectivity index (χ0) is 27.5. The smallest absolute Gasteiger partial charge is 0.322 e. The number of esters is 1. The highest BCUT2D eigenvalue weighted by Gasteiger charge is 2.20. The standard InChI is InChI=1S/C15H30N2O2.C14H28N2O2/c1-13(2)16-14(15(18)19-3)9-5-8-12-17-10-6-4-7-11-17;1-12(2)15-13(14(17)18)8-4-7-11-16-9-5-3-6-10-16/h13-14,16H,4-12H2,1-3H3;12-13,15H,3-11H2,1-2H3,(H,17,18)/t14-;13-/m11/s1. The molecule has 2 heterocycles. The van der Waals surface area contributed by atoms with Gasteiger partial charge in [-0.2, -0.15) is 0 Å². The van der Waals surface area contributed by atoms with Gasteiger partial charge in [-0.05, 0) is 90.6 Å². The number of carboxylic acids is 1. The maximum atomic E-state index is 11.6. The van der Waals surface area contributed by atoms with Crippen molar-refractivity contribution in [1.29, 1.82) is 0 Å². The van der Waals surface area contributed by atoms with Gasteiger partial charge in [0.1, 0.15) is 12.1 Å². The molecule has 0 saturated carbocycles. The largest absolute Gasteiger partial charge is 0.480 e. The van der Waals surface area contributed by atoms with Crippen molar-refractivity contribution in [3.8, 4) is 0 Å². The van der Waals surface area contributed by atoms with Crippen LogP contribution < -0.4 is 10.6 Å². The number of nitrogens with one attached hydrogen (secondary N) is 2. The average Bonchev–Trinajstić information content (AvgIpc) is 2.88. The second-order valence-electron chi connectivity index (χ2n) is 11.4. The molecule has 0 bridgehead atoms. The van der Waals surface area contributed by atoms with E-state index in [1.165, 1.54) is 84.8 Å². The molecule has 37 heavy (non-hydrogen) atoms. The Labute approximate surface area is 227 Å². The molecule has 2 rings (SSSR count). The van der Waals surface area contributed by atoms with E-state index < -0.39 is 5.97 Å². The van der Waals surface area contributed by atoms with Crippen molar-refractivity contribution in [3.63, 3.8) is 0 Å². The summed E-state index contributed by atoms with van der Waals surface area (Å²) in [6.07, 6.45) is 14.1. The Bertz CT molecular complexity index is 590. The molecule has 0 aromatic rings.